The van der Waals surface area contributed by atoms with Crippen LogP contribution in [0.2, 0.25) is 0 Å². The van der Waals surface area contributed by atoms with Crippen molar-refractivity contribution in [3.05, 3.63) is 53.9 Å². The summed E-state index contributed by atoms with van der Waals surface area (Å²) in [6.07, 6.45) is 2.18. The van der Waals surface area contributed by atoms with Gasteiger partial charge in [-0.3, -0.25) is 9.59 Å². The van der Waals surface area contributed by atoms with Gasteiger partial charge in [-0.05, 0) is 24.3 Å². The number of anilines is 1. The van der Waals surface area contributed by atoms with E-state index in [2.05, 4.69) is 5.32 Å². The molecule has 0 bridgehead atoms. The van der Waals surface area contributed by atoms with Crippen molar-refractivity contribution in [3.63, 3.8) is 0 Å². The molecule has 0 aliphatic heterocycles. The van der Waals surface area contributed by atoms with E-state index in [1.807, 2.05) is 0 Å². The zero-order valence-corrected chi connectivity index (χ0v) is 9.77. The van der Waals surface area contributed by atoms with E-state index in [0.717, 1.165) is 12.1 Å². The molecule has 1 heterocycles. The van der Waals surface area contributed by atoms with Crippen molar-refractivity contribution >= 4 is 17.9 Å². The Morgan fingerprint density at radius 3 is 2.79 bits per heavy atom. The van der Waals surface area contributed by atoms with Gasteiger partial charge in [-0.15, -0.1) is 0 Å². The number of carbonyl (C=O) groups excluding carboxylic acids is 2. The highest BCUT2D eigenvalue weighted by Crippen LogP contribution is 2.15. The molecule has 98 valence electrons. The maximum Gasteiger partial charge on any atom is 0.244 e. The first-order chi connectivity index (χ1) is 9.10. The molecular formula is C13H10F2N2O2. The monoisotopic (exact) mass is 264 g/mol. The number of nitrogens with one attached hydrogen (secondary N) is 1. The summed E-state index contributed by atoms with van der Waals surface area (Å²) >= 11 is 0. The van der Waals surface area contributed by atoms with Crippen molar-refractivity contribution in [1.82, 2.24) is 4.57 Å². The van der Waals surface area contributed by atoms with E-state index in [9.17, 15) is 18.4 Å². The van der Waals surface area contributed by atoms with Gasteiger partial charge in [0, 0.05) is 12.3 Å². The Kier molecular flexibility index (Phi) is 3.70. The number of halogens is 2. The largest absolute Gasteiger partial charge is 0.336 e. The van der Waals surface area contributed by atoms with Gasteiger partial charge in [-0.25, -0.2) is 8.78 Å². The lowest BCUT2D eigenvalue weighted by molar-refractivity contribution is -0.116. The fraction of sp³-hybridized carbons (Fsp3) is 0.0769. The van der Waals surface area contributed by atoms with Crippen LogP contribution in [0.4, 0.5) is 14.5 Å². The van der Waals surface area contributed by atoms with E-state index in [0.29, 0.717) is 18.0 Å². The van der Waals surface area contributed by atoms with E-state index in [1.165, 1.54) is 4.57 Å². The van der Waals surface area contributed by atoms with Gasteiger partial charge in [-0.1, -0.05) is 0 Å². The first kappa shape index (κ1) is 12.9. The molecule has 6 heteroatoms. The fourth-order valence-corrected chi connectivity index (χ4v) is 1.61. The summed E-state index contributed by atoms with van der Waals surface area (Å²) < 4.78 is 27.4. The number of hydrogen-bond acceptors (Lipinski definition) is 2. The summed E-state index contributed by atoms with van der Waals surface area (Å²) in [5.74, 6) is -2.08. The normalized spacial score (nSPS) is 10.2. The number of rotatable bonds is 4. The van der Waals surface area contributed by atoms with Crippen molar-refractivity contribution < 1.29 is 18.4 Å². The Labute approximate surface area is 107 Å². The van der Waals surface area contributed by atoms with Crippen molar-refractivity contribution in [1.29, 1.82) is 0 Å². The Morgan fingerprint density at radius 1 is 1.32 bits per heavy atom. The maximum atomic E-state index is 13.3. The number of carbonyl (C=O) groups is 2. The lowest BCUT2D eigenvalue weighted by Gasteiger charge is -2.08. The molecule has 0 atom stereocenters. The van der Waals surface area contributed by atoms with Crippen LogP contribution in [0, 0.1) is 11.6 Å². The van der Waals surface area contributed by atoms with E-state index in [1.54, 1.807) is 18.3 Å². The van der Waals surface area contributed by atoms with Crippen LogP contribution in [0.15, 0.2) is 36.5 Å². The molecule has 0 aliphatic rings. The van der Waals surface area contributed by atoms with Crippen molar-refractivity contribution in [3.8, 4) is 0 Å². The van der Waals surface area contributed by atoms with E-state index < -0.39 is 17.5 Å². The topological polar surface area (TPSA) is 51.1 Å². The molecular weight excluding hydrogens is 254 g/mol. The zero-order valence-electron chi connectivity index (χ0n) is 9.77. The minimum Gasteiger partial charge on any atom is -0.336 e. The first-order valence-electron chi connectivity index (χ1n) is 5.45. The van der Waals surface area contributed by atoms with Gasteiger partial charge in [0.1, 0.15) is 18.2 Å². The Morgan fingerprint density at radius 2 is 2.11 bits per heavy atom. The van der Waals surface area contributed by atoms with Gasteiger partial charge >= 0.3 is 0 Å². The zero-order chi connectivity index (χ0) is 13.8. The van der Waals surface area contributed by atoms with Crippen molar-refractivity contribution in [2.45, 2.75) is 6.54 Å². The summed E-state index contributed by atoms with van der Waals surface area (Å²) in [6.45, 7) is -0.127. The highest BCUT2D eigenvalue weighted by molar-refractivity contribution is 5.91. The summed E-state index contributed by atoms with van der Waals surface area (Å²) in [5.41, 5.74) is 0.237. The highest BCUT2D eigenvalue weighted by atomic mass is 19.1. The van der Waals surface area contributed by atoms with E-state index in [4.69, 9.17) is 0 Å². The molecule has 0 saturated heterocycles. The molecule has 0 radical (unpaired) electrons. The molecule has 2 rings (SSSR count). The molecule has 0 spiro atoms. The van der Waals surface area contributed by atoms with Crippen LogP contribution in [0.3, 0.4) is 0 Å². The molecule has 1 N–H and O–H groups in total. The predicted molar refractivity (Wildman–Crippen MR) is 64.8 cm³/mol. The first-order valence-corrected chi connectivity index (χ1v) is 5.45. The summed E-state index contributed by atoms with van der Waals surface area (Å²) in [7, 11) is 0. The number of nitrogens with zero attached hydrogens (tertiary/aromatic N) is 1. The third-order valence-corrected chi connectivity index (χ3v) is 2.50. The minimum atomic E-state index is -0.850. The molecule has 1 aromatic heterocycles. The molecule has 1 aromatic carbocycles. The Hall–Kier alpha value is -2.50. The van der Waals surface area contributed by atoms with Gasteiger partial charge in [-0.2, -0.15) is 0 Å². The van der Waals surface area contributed by atoms with Crippen molar-refractivity contribution in [2.75, 3.05) is 5.32 Å². The molecule has 1 amide bonds. The number of hydrogen-bond donors (Lipinski definition) is 1. The highest BCUT2D eigenvalue weighted by Gasteiger charge is 2.09. The standard InChI is InChI=1S/C13H10F2N2O2/c14-9-3-4-12(11(15)6-9)16-13(19)7-17-5-1-2-10(17)8-18/h1-6,8H,7H2,(H,16,19). The number of amides is 1. The smallest absolute Gasteiger partial charge is 0.244 e. The number of benzene rings is 1. The molecule has 0 aliphatic carbocycles. The Bertz CT molecular complexity index is 623. The second-order valence-electron chi connectivity index (χ2n) is 3.85. The summed E-state index contributed by atoms with van der Waals surface area (Å²) in [4.78, 5) is 22.3. The number of aldehydes is 1. The van der Waals surface area contributed by atoms with E-state index in [-0.39, 0.29) is 12.2 Å². The summed E-state index contributed by atoms with van der Waals surface area (Å²) in [6, 6.07) is 6.04. The van der Waals surface area contributed by atoms with Crippen LogP contribution >= 0.6 is 0 Å². The van der Waals surface area contributed by atoms with Crippen LogP contribution < -0.4 is 5.32 Å². The minimum absolute atomic E-state index is 0.105. The third kappa shape index (κ3) is 3.04. The van der Waals surface area contributed by atoms with Gasteiger partial charge in [0.2, 0.25) is 5.91 Å². The van der Waals surface area contributed by atoms with Gasteiger partial charge in [0.05, 0.1) is 11.4 Å². The van der Waals surface area contributed by atoms with Gasteiger partial charge in [0.25, 0.3) is 0 Å². The average molecular weight is 264 g/mol. The summed E-state index contributed by atoms with van der Waals surface area (Å²) in [5, 5.41) is 2.31. The maximum absolute atomic E-state index is 13.3. The van der Waals surface area contributed by atoms with Crippen LogP contribution in [-0.2, 0) is 11.3 Å². The second kappa shape index (κ2) is 5.43. The SMILES string of the molecule is O=Cc1cccn1CC(=O)Nc1ccc(F)cc1F. The second-order valence-corrected chi connectivity index (χ2v) is 3.85. The lowest BCUT2D eigenvalue weighted by atomic mass is 10.3. The lowest BCUT2D eigenvalue weighted by Crippen LogP contribution is -2.20. The molecule has 0 fully saturated rings. The molecule has 4 nitrogen and oxygen atoms in total. The van der Waals surface area contributed by atoms with E-state index >= 15 is 0 Å². The quantitative estimate of drug-likeness (QED) is 0.861. The Balaban J connectivity index is 2.07. The van der Waals surface area contributed by atoms with Crippen LogP contribution in [-0.4, -0.2) is 16.8 Å². The third-order valence-electron chi connectivity index (χ3n) is 2.50. The van der Waals surface area contributed by atoms with Gasteiger partial charge in [0.15, 0.2) is 6.29 Å². The fourth-order valence-electron chi connectivity index (χ4n) is 1.61. The van der Waals surface area contributed by atoms with Crippen LogP contribution in [0.1, 0.15) is 10.5 Å². The molecule has 19 heavy (non-hydrogen) atoms. The molecule has 0 unspecified atom stereocenters. The molecule has 0 saturated carbocycles. The average Bonchev–Trinajstić information content (AvgIpc) is 2.80. The van der Waals surface area contributed by atoms with Crippen molar-refractivity contribution in [2.24, 2.45) is 0 Å². The van der Waals surface area contributed by atoms with Crippen LogP contribution in [0.25, 0.3) is 0 Å². The predicted octanol–water partition coefficient (Wildman–Crippen LogP) is 2.22. The van der Waals surface area contributed by atoms with Gasteiger partial charge < -0.3 is 9.88 Å². The number of aromatic nitrogens is 1. The molecule has 2 aromatic rings. The van der Waals surface area contributed by atoms with Crippen LogP contribution in [0.5, 0.6) is 0 Å².